The summed E-state index contributed by atoms with van der Waals surface area (Å²) in [7, 11) is 0. The fourth-order valence-corrected chi connectivity index (χ4v) is 5.28. The molecule has 0 saturated carbocycles. The molecule has 0 radical (unpaired) electrons. The SMILES string of the molecule is Cc1nn(-c2nc3ccc(Br)cc3s2)c2c1[C@@H](c1cccc([N+](=O)[O-])c1)CC(=O)N2. The van der Waals surface area contributed by atoms with E-state index in [0.717, 1.165) is 31.5 Å². The van der Waals surface area contributed by atoms with Crippen LogP contribution in [0.15, 0.2) is 46.9 Å². The van der Waals surface area contributed by atoms with Gasteiger partial charge in [-0.1, -0.05) is 39.4 Å². The first kappa shape index (κ1) is 18.9. The maximum absolute atomic E-state index is 12.5. The lowest BCUT2D eigenvalue weighted by molar-refractivity contribution is -0.384. The van der Waals surface area contributed by atoms with Crippen molar-refractivity contribution >= 4 is 54.9 Å². The number of non-ortho nitro benzene ring substituents is 1. The highest BCUT2D eigenvalue weighted by atomic mass is 79.9. The number of thiazole rings is 1. The summed E-state index contributed by atoms with van der Waals surface area (Å²) in [6.07, 6.45) is 0.202. The Hall–Kier alpha value is -3.11. The minimum absolute atomic E-state index is 0.00169. The van der Waals surface area contributed by atoms with Gasteiger partial charge in [0.1, 0.15) is 5.82 Å². The van der Waals surface area contributed by atoms with E-state index < -0.39 is 4.92 Å². The van der Waals surface area contributed by atoms with Gasteiger partial charge in [-0.2, -0.15) is 9.78 Å². The quantitative estimate of drug-likeness (QED) is 0.328. The number of hydrogen-bond donors (Lipinski definition) is 1. The highest BCUT2D eigenvalue weighted by Crippen LogP contribution is 2.41. The zero-order chi connectivity index (χ0) is 21.0. The molecule has 4 aromatic rings. The third-order valence-electron chi connectivity index (χ3n) is 5.11. The maximum Gasteiger partial charge on any atom is 0.269 e. The van der Waals surface area contributed by atoms with Gasteiger partial charge in [0.25, 0.3) is 5.69 Å². The second kappa shape index (κ2) is 6.99. The van der Waals surface area contributed by atoms with Crippen LogP contribution in [0.3, 0.4) is 0 Å². The molecule has 1 amide bonds. The van der Waals surface area contributed by atoms with Crippen molar-refractivity contribution in [1.82, 2.24) is 14.8 Å². The van der Waals surface area contributed by atoms with Gasteiger partial charge in [0.15, 0.2) is 0 Å². The normalized spacial score (nSPS) is 15.8. The Morgan fingerprint density at radius 1 is 1.30 bits per heavy atom. The summed E-state index contributed by atoms with van der Waals surface area (Å²) in [6.45, 7) is 1.88. The number of halogens is 1. The Balaban J connectivity index is 1.66. The molecule has 2 aromatic carbocycles. The lowest BCUT2D eigenvalue weighted by Crippen LogP contribution is -2.25. The number of nitrogens with zero attached hydrogens (tertiary/aromatic N) is 4. The molecule has 30 heavy (non-hydrogen) atoms. The van der Waals surface area contributed by atoms with Crippen LogP contribution in [0, 0.1) is 17.0 Å². The molecule has 1 aliphatic heterocycles. The van der Waals surface area contributed by atoms with Crippen molar-refractivity contribution in [2.75, 3.05) is 5.32 Å². The molecule has 2 aromatic heterocycles. The predicted octanol–water partition coefficient (Wildman–Crippen LogP) is 4.94. The molecule has 10 heteroatoms. The molecular formula is C20H14BrN5O3S. The van der Waals surface area contributed by atoms with E-state index >= 15 is 0 Å². The van der Waals surface area contributed by atoms with E-state index in [9.17, 15) is 14.9 Å². The van der Waals surface area contributed by atoms with Gasteiger partial charge >= 0.3 is 0 Å². The van der Waals surface area contributed by atoms with E-state index in [0.29, 0.717) is 10.9 Å². The fraction of sp³-hybridized carbons (Fsp3) is 0.150. The molecule has 0 fully saturated rings. The lowest BCUT2D eigenvalue weighted by atomic mass is 9.85. The van der Waals surface area contributed by atoms with Crippen molar-refractivity contribution in [3.05, 3.63) is 73.9 Å². The van der Waals surface area contributed by atoms with Crippen molar-refractivity contribution in [2.24, 2.45) is 0 Å². The average molecular weight is 484 g/mol. The Morgan fingerprint density at radius 2 is 2.13 bits per heavy atom. The van der Waals surface area contributed by atoms with Crippen molar-refractivity contribution in [3.63, 3.8) is 0 Å². The minimum atomic E-state index is -0.428. The van der Waals surface area contributed by atoms with Crippen LogP contribution in [0.1, 0.15) is 29.2 Å². The summed E-state index contributed by atoms with van der Waals surface area (Å²) in [4.78, 5) is 28.0. The summed E-state index contributed by atoms with van der Waals surface area (Å²) >= 11 is 4.95. The zero-order valence-corrected chi connectivity index (χ0v) is 18.0. The summed E-state index contributed by atoms with van der Waals surface area (Å²) in [5.41, 5.74) is 3.17. The molecule has 5 rings (SSSR count). The topological polar surface area (TPSA) is 103 Å². The van der Waals surface area contributed by atoms with E-state index in [-0.39, 0.29) is 23.9 Å². The number of nitro benzene ring substituents is 1. The molecule has 1 N–H and O–H groups in total. The molecule has 3 heterocycles. The Kier molecular flexibility index (Phi) is 4.40. The molecule has 1 atom stereocenters. The Morgan fingerprint density at radius 3 is 2.93 bits per heavy atom. The van der Waals surface area contributed by atoms with Crippen molar-refractivity contribution in [1.29, 1.82) is 0 Å². The van der Waals surface area contributed by atoms with Crippen LogP contribution >= 0.6 is 27.3 Å². The van der Waals surface area contributed by atoms with Crippen LogP contribution < -0.4 is 5.32 Å². The number of benzene rings is 2. The van der Waals surface area contributed by atoms with Crippen LogP contribution in [-0.2, 0) is 4.79 Å². The van der Waals surface area contributed by atoms with Crippen molar-refractivity contribution in [3.8, 4) is 5.13 Å². The van der Waals surface area contributed by atoms with Crippen LogP contribution in [0.5, 0.6) is 0 Å². The van der Waals surface area contributed by atoms with Crippen LogP contribution in [0.4, 0.5) is 11.5 Å². The summed E-state index contributed by atoms with van der Waals surface area (Å²) in [6, 6.07) is 12.3. The van der Waals surface area contributed by atoms with Gasteiger partial charge in [0, 0.05) is 34.5 Å². The number of carbonyl (C=O) groups excluding carboxylic acids is 1. The lowest BCUT2D eigenvalue weighted by Gasteiger charge is -2.24. The highest BCUT2D eigenvalue weighted by molar-refractivity contribution is 9.10. The van der Waals surface area contributed by atoms with E-state index in [2.05, 4.69) is 31.3 Å². The van der Waals surface area contributed by atoms with Gasteiger partial charge in [-0.3, -0.25) is 14.9 Å². The van der Waals surface area contributed by atoms with Gasteiger partial charge < -0.3 is 5.32 Å². The third-order valence-corrected chi connectivity index (χ3v) is 6.59. The van der Waals surface area contributed by atoms with Gasteiger partial charge in [-0.15, -0.1) is 0 Å². The molecule has 0 aliphatic carbocycles. The number of carbonyl (C=O) groups is 1. The molecule has 150 valence electrons. The van der Waals surface area contributed by atoms with Crippen LogP contribution in [0.2, 0.25) is 0 Å². The number of fused-ring (bicyclic) bond motifs is 2. The molecule has 0 saturated heterocycles. The molecular weight excluding hydrogens is 470 g/mol. The van der Waals surface area contributed by atoms with Gasteiger partial charge in [-0.25, -0.2) is 4.98 Å². The van der Waals surface area contributed by atoms with E-state index in [1.807, 2.05) is 31.2 Å². The minimum Gasteiger partial charge on any atom is -0.310 e. The van der Waals surface area contributed by atoms with Crippen molar-refractivity contribution < 1.29 is 9.72 Å². The van der Waals surface area contributed by atoms with E-state index in [1.165, 1.54) is 23.5 Å². The zero-order valence-electron chi connectivity index (χ0n) is 15.6. The molecule has 0 spiro atoms. The molecule has 1 aliphatic rings. The number of aryl methyl sites for hydroxylation is 1. The molecule has 8 nitrogen and oxygen atoms in total. The molecule has 0 bridgehead atoms. The van der Waals surface area contributed by atoms with E-state index in [4.69, 9.17) is 0 Å². The van der Waals surface area contributed by atoms with Gasteiger partial charge in [0.05, 0.1) is 20.8 Å². The fourth-order valence-electron chi connectivity index (χ4n) is 3.80. The summed E-state index contributed by atoms with van der Waals surface area (Å²) in [5.74, 6) is 0.0910. The first-order valence-electron chi connectivity index (χ1n) is 9.11. The first-order chi connectivity index (χ1) is 14.4. The molecule has 0 unspecified atom stereocenters. The largest absolute Gasteiger partial charge is 0.310 e. The summed E-state index contributed by atoms with van der Waals surface area (Å²) < 4.78 is 3.62. The maximum atomic E-state index is 12.5. The Labute approximate surface area is 182 Å². The number of nitro groups is 1. The number of amides is 1. The second-order valence-electron chi connectivity index (χ2n) is 7.02. The number of nitrogens with one attached hydrogen (secondary N) is 1. The number of rotatable bonds is 3. The van der Waals surface area contributed by atoms with Gasteiger partial charge in [0.2, 0.25) is 11.0 Å². The highest BCUT2D eigenvalue weighted by Gasteiger charge is 2.33. The van der Waals surface area contributed by atoms with Crippen LogP contribution in [-0.4, -0.2) is 25.6 Å². The predicted molar refractivity (Wildman–Crippen MR) is 117 cm³/mol. The Bertz CT molecular complexity index is 1350. The first-order valence-corrected chi connectivity index (χ1v) is 10.7. The number of hydrogen-bond acceptors (Lipinski definition) is 6. The summed E-state index contributed by atoms with van der Waals surface area (Å²) in [5, 5.41) is 19.4. The monoisotopic (exact) mass is 483 g/mol. The average Bonchev–Trinajstić information content (AvgIpc) is 3.28. The second-order valence-corrected chi connectivity index (χ2v) is 8.95. The van der Waals surface area contributed by atoms with Gasteiger partial charge in [-0.05, 0) is 30.7 Å². The number of anilines is 1. The third kappa shape index (κ3) is 3.08. The van der Waals surface area contributed by atoms with Crippen LogP contribution in [0.25, 0.3) is 15.3 Å². The smallest absolute Gasteiger partial charge is 0.269 e. The standard InChI is InChI=1S/C20H14BrN5O3S/c1-10-18-14(11-3-2-4-13(7-11)26(28)29)9-17(27)23-19(18)25(24-10)20-22-15-6-5-12(21)8-16(15)30-20/h2-8,14H,9H2,1H3,(H,23,27)/t14-/m1/s1. The van der Waals surface area contributed by atoms with Crippen molar-refractivity contribution in [2.45, 2.75) is 19.3 Å². The van der Waals surface area contributed by atoms with E-state index in [1.54, 1.807) is 10.7 Å². The number of aromatic nitrogens is 3.